The maximum atomic E-state index is 11.4. The third kappa shape index (κ3) is 2.95. The first-order valence-electron chi connectivity index (χ1n) is 6.83. The van der Waals surface area contributed by atoms with E-state index in [0.29, 0.717) is 26.1 Å². The van der Waals surface area contributed by atoms with Gasteiger partial charge in [-0.2, -0.15) is 0 Å². The van der Waals surface area contributed by atoms with Crippen LogP contribution >= 0.6 is 15.9 Å². The van der Waals surface area contributed by atoms with Crippen molar-refractivity contribution in [1.29, 1.82) is 0 Å². The van der Waals surface area contributed by atoms with E-state index in [9.17, 15) is 4.79 Å². The number of fused-ring (bicyclic) bond motifs is 3. The molecule has 0 saturated carbocycles. The van der Waals surface area contributed by atoms with Crippen LogP contribution < -0.4 is 4.74 Å². The molecule has 0 atom stereocenters. The highest BCUT2D eigenvalue weighted by Crippen LogP contribution is 2.32. The molecule has 0 amide bonds. The Morgan fingerprint density at radius 1 is 1.52 bits per heavy atom. The molecule has 1 aromatic heterocycles. The fourth-order valence-electron chi connectivity index (χ4n) is 2.31. The van der Waals surface area contributed by atoms with Gasteiger partial charge in [-0.15, -0.1) is 0 Å². The summed E-state index contributed by atoms with van der Waals surface area (Å²) in [7, 11) is 0. The first kappa shape index (κ1) is 14.1. The predicted octanol–water partition coefficient (Wildman–Crippen LogP) is 3.02. The molecule has 0 unspecified atom stereocenters. The van der Waals surface area contributed by atoms with Gasteiger partial charge in [0.2, 0.25) is 0 Å². The highest BCUT2D eigenvalue weighted by Gasteiger charge is 2.19. The zero-order valence-corrected chi connectivity index (χ0v) is 13.2. The second-order valence-electron chi connectivity index (χ2n) is 4.72. The van der Waals surface area contributed by atoms with Crippen molar-refractivity contribution < 1.29 is 14.3 Å². The maximum absolute atomic E-state index is 11.4. The zero-order chi connectivity index (χ0) is 14.8. The Morgan fingerprint density at radius 2 is 2.38 bits per heavy atom. The number of ether oxygens (including phenoxy) is 2. The first-order chi connectivity index (χ1) is 10.2. The van der Waals surface area contributed by atoms with Crippen LogP contribution in [0.5, 0.6) is 5.75 Å². The first-order valence-corrected chi connectivity index (χ1v) is 7.62. The minimum Gasteiger partial charge on any atom is -0.483 e. The number of rotatable bonds is 4. The quantitative estimate of drug-likeness (QED) is 0.795. The number of carbonyl (C=O) groups is 1. The van der Waals surface area contributed by atoms with E-state index >= 15 is 0 Å². The second kappa shape index (κ2) is 5.89. The Bertz CT molecular complexity index is 682. The van der Waals surface area contributed by atoms with Gasteiger partial charge >= 0.3 is 5.97 Å². The summed E-state index contributed by atoms with van der Waals surface area (Å²) in [6, 6.07) is 5.89. The van der Waals surface area contributed by atoms with Gasteiger partial charge in [0.05, 0.1) is 24.4 Å². The van der Waals surface area contributed by atoms with Gasteiger partial charge in [-0.1, -0.05) is 15.9 Å². The fourth-order valence-corrected chi connectivity index (χ4v) is 2.65. The maximum Gasteiger partial charge on any atom is 0.306 e. The van der Waals surface area contributed by atoms with Crippen LogP contribution in [0.1, 0.15) is 24.9 Å². The molecule has 1 aliphatic heterocycles. The van der Waals surface area contributed by atoms with Gasteiger partial charge in [-0.3, -0.25) is 9.36 Å². The predicted molar refractivity (Wildman–Crippen MR) is 80.6 cm³/mol. The number of esters is 1. The van der Waals surface area contributed by atoms with Gasteiger partial charge in [0.15, 0.2) is 5.82 Å². The van der Waals surface area contributed by atoms with Crippen LogP contribution in [-0.2, 0) is 22.6 Å². The number of benzene rings is 1. The summed E-state index contributed by atoms with van der Waals surface area (Å²) in [6.07, 6.45) is 2.88. The van der Waals surface area contributed by atoms with Crippen molar-refractivity contribution >= 4 is 21.9 Å². The average molecular weight is 351 g/mol. The number of nitrogens with zero attached hydrogens (tertiary/aromatic N) is 2. The number of carbonyl (C=O) groups excluding carboxylic acids is 1. The molecule has 0 fully saturated rings. The van der Waals surface area contributed by atoms with Crippen LogP contribution in [0.3, 0.4) is 0 Å². The van der Waals surface area contributed by atoms with Gasteiger partial charge < -0.3 is 9.47 Å². The Labute approximate surface area is 131 Å². The largest absolute Gasteiger partial charge is 0.483 e. The summed E-state index contributed by atoms with van der Waals surface area (Å²) in [5, 5.41) is 0. The molecule has 6 heteroatoms. The minimum absolute atomic E-state index is 0.191. The number of hydrogen-bond acceptors (Lipinski definition) is 4. The summed E-state index contributed by atoms with van der Waals surface area (Å²) >= 11 is 3.43. The van der Waals surface area contributed by atoms with E-state index in [1.807, 2.05) is 29.0 Å². The molecule has 5 nitrogen and oxygen atoms in total. The fraction of sp³-hybridized carbons (Fsp3) is 0.333. The van der Waals surface area contributed by atoms with E-state index in [-0.39, 0.29) is 5.97 Å². The molecule has 21 heavy (non-hydrogen) atoms. The second-order valence-corrected chi connectivity index (χ2v) is 5.64. The van der Waals surface area contributed by atoms with Crippen LogP contribution in [0.25, 0.3) is 5.69 Å². The van der Waals surface area contributed by atoms with Gasteiger partial charge in [0.25, 0.3) is 0 Å². The lowest BCUT2D eigenvalue weighted by molar-refractivity contribution is -0.143. The molecule has 2 heterocycles. The average Bonchev–Trinajstić information content (AvgIpc) is 2.88. The molecule has 0 saturated heterocycles. The Balaban J connectivity index is 1.80. The van der Waals surface area contributed by atoms with E-state index < -0.39 is 0 Å². The van der Waals surface area contributed by atoms with Gasteiger partial charge in [0, 0.05) is 17.1 Å². The van der Waals surface area contributed by atoms with Gasteiger partial charge in [-0.25, -0.2) is 4.98 Å². The van der Waals surface area contributed by atoms with Crippen LogP contribution in [0.15, 0.2) is 28.9 Å². The monoisotopic (exact) mass is 350 g/mol. The summed E-state index contributed by atoms with van der Waals surface area (Å²) in [6.45, 7) is 2.65. The van der Waals surface area contributed by atoms with Crippen LogP contribution in [-0.4, -0.2) is 22.1 Å². The molecule has 1 aromatic carbocycles. The normalized spacial score (nSPS) is 12.3. The number of halogens is 1. The molecule has 1 aliphatic rings. The van der Waals surface area contributed by atoms with E-state index in [2.05, 4.69) is 20.9 Å². The molecular formula is C15H15BrN2O3. The third-order valence-corrected chi connectivity index (χ3v) is 3.75. The van der Waals surface area contributed by atoms with E-state index in [0.717, 1.165) is 27.4 Å². The number of hydrogen-bond donors (Lipinski definition) is 0. The molecule has 110 valence electrons. The SMILES string of the molecule is CCOC(=O)CCc1cn2c(n1)COc1cc(Br)ccc1-2. The van der Waals surface area contributed by atoms with Crippen LogP contribution in [0.4, 0.5) is 0 Å². The lowest BCUT2D eigenvalue weighted by Crippen LogP contribution is -2.12. The number of aromatic nitrogens is 2. The van der Waals surface area contributed by atoms with Gasteiger partial charge in [0.1, 0.15) is 12.4 Å². The molecule has 0 bridgehead atoms. The Kier molecular flexibility index (Phi) is 3.96. The number of aryl methyl sites for hydroxylation is 1. The highest BCUT2D eigenvalue weighted by atomic mass is 79.9. The van der Waals surface area contributed by atoms with E-state index in [1.165, 1.54) is 0 Å². The molecular weight excluding hydrogens is 336 g/mol. The summed E-state index contributed by atoms with van der Waals surface area (Å²) in [5.74, 6) is 1.49. The topological polar surface area (TPSA) is 53.4 Å². The Morgan fingerprint density at radius 3 is 3.19 bits per heavy atom. The molecule has 0 radical (unpaired) electrons. The van der Waals surface area contributed by atoms with Crippen molar-refractivity contribution in [2.24, 2.45) is 0 Å². The van der Waals surface area contributed by atoms with Gasteiger partial charge in [-0.05, 0) is 25.1 Å². The Hall–Kier alpha value is -1.82. The molecule has 3 rings (SSSR count). The third-order valence-electron chi connectivity index (χ3n) is 3.26. The highest BCUT2D eigenvalue weighted by molar-refractivity contribution is 9.10. The number of imidazole rings is 1. The molecule has 2 aromatic rings. The summed E-state index contributed by atoms with van der Waals surface area (Å²) in [4.78, 5) is 15.9. The van der Waals surface area contributed by atoms with Crippen molar-refractivity contribution in [3.8, 4) is 11.4 Å². The lowest BCUT2D eigenvalue weighted by Gasteiger charge is -2.19. The summed E-state index contributed by atoms with van der Waals surface area (Å²) < 4.78 is 13.6. The van der Waals surface area contributed by atoms with Crippen LogP contribution in [0.2, 0.25) is 0 Å². The lowest BCUT2D eigenvalue weighted by atomic mass is 10.2. The minimum atomic E-state index is -0.191. The van der Waals surface area contributed by atoms with Crippen molar-refractivity contribution in [2.75, 3.05) is 6.61 Å². The molecule has 0 N–H and O–H groups in total. The van der Waals surface area contributed by atoms with Crippen molar-refractivity contribution in [1.82, 2.24) is 9.55 Å². The molecule has 0 aliphatic carbocycles. The zero-order valence-electron chi connectivity index (χ0n) is 11.6. The molecule has 0 spiro atoms. The van der Waals surface area contributed by atoms with Crippen molar-refractivity contribution in [2.45, 2.75) is 26.4 Å². The summed E-state index contributed by atoms with van der Waals surface area (Å²) in [5.41, 5.74) is 1.84. The van der Waals surface area contributed by atoms with E-state index in [1.54, 1.807) is 6.92 Å². The van der Waals surface area contributed by atoms with Crippen LogP contribution in [0, 0.1) is 0 Å². The standard InChI is InChI=1S/C15H15BrN2O3/c1-2-20-15(19)6-4-11-8-18-12-5-3-10(16)7-13(12)21-9-14(18)17-11/h3,5,7-8H,2,4,6,9H2,1H3. The van der Waals surface area contributed by atoms with Crippen molar-refractivity contribution in [3.05, 3.63) is 40.4 Å². The van der Waals surface area contributed by atoms with Crippen molar-refractivity contribution in [3.63, 3.8) is 0 Å². The smallest absolute Gasteiger partial charge is 0.306 e. The van der Waals surface area contributed by atoms with E-state index in [4.69, 9.17) is 9.47 Å².